The van der Waals surface area contributed by atoms with E-state index in [4.69, 9.17) is 0 Å². The molecular weight excluding hydrogens is 214 g/mol. The molecule has 3 unspecified atom stereocenters. The first-order chi connectivity index (χ1) is 8.29. The Balaban J connectivity index is 1.64. The number of nitrogens with zero attached hydrogens (tertiary/aromatic N) is 4. The third-order valence-electron chi connectivity index (χ3n) is 4.51. The zero-order valence-electron chi connectivity index (χ0n) is 10.6. The molecule has 3 rings (SSSR count). The van der Waals surface area contributed by atoms with E-state index in [-0.39, 0.29) is 0 Å². The predicted molar refractivity (Wildman–Crippen MR) is 64.3 cm³/mol. The maximum Gasteiger partial charge on any atom is 0.176 e. The Morgan fingerprint density at radius 2 is 2.06 bits per heavy atom. The summed E-state index contributed by atoms with van der Waals surface area (Å²) in [5.41, 5.74) is 0. The number of likely N-dealkylation sites (N-methyl/N-ethyl adjacent to an activating group) is 1. The summed E-state index contributed by atoms with van der Waals surface area (Å²) in [5, 5.41) is 15.7. The molecule has 2 aliphatic rings. The lowest BCUT2D eigenvalue weighted by molar-refractivity contribution is 0.451. The second kappa shape index (κ2) is 4.37. The van der Waals surface area contributed by atoms with Crippen molar-refractivity contribution in [3.05, 3.63) is 5.82 Å². The molecule has 0 amide bonds. The van der Waals surface area contributed by atoms with Gasteiger partial charge in [-0.3, -0.25) is 0 Å². The zero-order valence-corrected chi connectivity index (χ0v) is 10.6. The number of hydrogen-bond acceptors (Lipinski definition) is 4. The maximum atomic E-state index is 4.28. The summed E-state index contributed by atoms with van der Waals surface area (Å²) in [4.78, 5) is 1.54. The number of nitrogens with one attached hydrogen (secondary N) is 1. The first-order valence-electron chi connectivity index (χ1n) is 6.69. The van der Waals surface area contributed by atoms with Gasteiger partial charge in [0.1, 0.15) is 0 Å². The molecule has 5 heteroatoms. The molecular formula is C12H21N5. The summed E-state index contributed by atoms with van der Waals surface area (Å²) in [5.74, 6) is 3.66. The van der Waals surface area contributed by atoms with Crippen LogP contribution in [0, 0.1) is 17.8 Å². The van der Waals surface area contributed by atoms with Crippen LogP contribution in [0.4, 0.5) is 0 Å². The van der Waals surface area contributed by atoms with Crippen LogP contribution in [0.25, 0.3) is 0 Å². The summed E-state index contributed by atoms with van der Waals surface area (Å²) >= 11 is 0. The van der Waals surface area contributed by atoms with Crippen LogP contribution in [0.1, 0.15) is 31.5 Å². The molecule has 3 atom stereocenters. The summed E-state index contributed by atoms with van der Waals surface area (Å²) in [6, 6.07) is 0.535. The lowest BCUT2D eigenvalue weighted by Crippen LogP contribution is -2.31. The van der Waals surface area contributed by atoms with Crippen molar-refractivity contribution in [3.63, 3.8) is 0 Å². The fourth-order valence-corrected chi connectivity index (χ4v) is 3.68. The molecule has 1 aromatic heterocycles. The van der Waals surface area contributed by atoms with Gasteiger partial charge in [0.05, 0.1) is 7.05 Å². The van der Waals surface area contributed by atoms with Gasteiger partial charge in [0, 0.05) is 12.5 Å². The van der Waals surface area contributed by atoms with Gasteiger partial charge in [0.15, 0.2) is 5.82 Å². The van der Waals surface area contributed by atoms with E-state index in [0.717, 1.165) is 30.0 Å². The summed E-state index contributed by atoms with van der Waals surface area (Å²) < 4.78 is 0. The average Bonchev–Trinajstić information content (AvgIpc) is 2.93. The van der Waals surface area contributed by atoms with E-state index >= 15 is 0 Å². The first-order valence-corrected chi connectivity index (χ1v) is 6.69. The van der Waals surface area contributed by atoms with Gasteiger partial charge in [-0.05, 0) is 42.9 Å². The highest BCUT2D eigenvalue weighted by molar-refractivity contribution is 5.06. The molecule has 5 nitrogen and oxygen atoms in total. The van der Waals surface area contributed by atoms with Gasteiger partial charge in [0.25, 0.3) is 0 Å². The number of aryl methyl sites for hydroxylation is 1. The molecule has 0 radical (unpaired) electrons. The van der Waals surface area contributed by atoms with E-state index in [1.807, 2.05) is 7.05 Å². The summed E-state index contributed by atoms with van der Waals surface area (Å²) in [6.07, 6.45) is 6.64. The van der Waals surface area contributed by atoms with Crippen molar-refractivity contribution < 1.29 is 0 Å². The monoisotopic (exact) mass is 235 g/mol. The van der Waals surface area contributed by atoms with Gasteiger partial charge in [0.2, 0.25) is 0 Å². The molecule has 17 heavy (non-hydrogen) atoms. The van der Waals surface area contributed by atoms with Gasteiger partial charge in [-0.15, -0.1) is 10.2 Å². The van der Waals surface area contributed by atoms with Crippen molar-refractivity contribution in [1.29, 1.82) is 0 Å². The minimum absolute atomic E-state index is 0.535. The minimum atomic E-state index is 0.535. The van der Waals surface area contributed by atoms with Crippen molar-refractivity contribution in [1.82, 2.24) is 25.5 Å². The lowest BCUT2D eigenvalue weighted by Gasteiger charge is -2.14. The molecule has 1 aromatic rings. The van der Waals surface area contributed by atoms with Crippen LogP contribution in [-0.2, 0) is 13.5 Å². The highest BCUT2D eigenvalue weighted by Crippen LogP contribution is 2.57. The van der Waals surface area contributed by atoms with Crippen molar-refractivity contribution in [2.75, 3.05) is 7.05 Å². The van der Waals surface area contributed by atoms with Crippen molar-refractivity contribution in [2.45, 2.75) is 38.1 Å². The van der Waals surface area contributed by atoms with Gasteiger partial charge in [-0.2, -0.15) is 4.80 Å². The van der Waals surface area contributed by atoms with E-state index in [0.29, 0.717) is 6.04 Å². The Morgan fingerprint density at radius 3 is 2.59 bits per heavy atom. The normalized spacial score (nSPS) is 33.2. The Morgan fingerprint density at radius 1 is 1.35 bits per heavy atom. The highest BCUT2D eigenvalue weighted by Gasteiger charge is 2.53. The Labute approximate surface area is 102 Å². The van der Waals surface area contributed by atoms with Crippen LogP contribution in [-0.4, -0.2) is 33.3 Å². The Kier molecular flexibility index (Phi) is 2.86. The van der Waals surface area contributed by atoms with Crippen molar-refractivity contribution >= 4 is 0 Å². The lowest BCUT2D eigenvalue weighted by atomic mass is 10.0. The van der Waals surface area contributed by atoms with Crippen molar-refractivity contribution in [3.8, 4) is 0 Å². The molecule has 0 aliphatic heterocycles. The molecule has 2 fully saturated rings. The van der Waals surface area contributed by atoms with Crippen molar-refractivity contribution in [2.24, 2.45) is 24.8 Å². The van der Waals surface area contributed by atoms with Gasteiger partial charge >= 0.3 is 0 Å². The topological polar surface area (TPSA) is 55.6 Å². The molecule has 0 saturated heterocycles. The quantitative estimate of drug-likeness (QED) is 0.838. The molecule has 2 saturated carbocycles. The molecule has 94 valence electrons. The number of hydrogen-bond donors (Lipinski definition) is 1. The third-order valence-corrected chi connectivity index (χ3v) is 4.51. The first kappa shape index (κ1) is 11.1. The standard InChI is InChI=1S/C12H21N5/c1-13-10(7-11-14-16-17(2)15-11)12-8-5-3-4-6-9(8)12/h8-10,12-13H,3-7H2,1-2H3. The molecule has 0 spiro atoms. The smallest absolute Gasteiger partial charge is 0.176 e. The minimum Gasteiger partial charge on any atom is -0.316 e. The van der Waals surface area contributed by atoms with Crippen LogP contribution < -0.4 is 5.32 Å². The van der Waals surface area contributed by atoms with Gasteiger partial charge < -0.3 is 5.32 Å². The average molecular weight is 235 g/mol. The van der Waals surface area contributed by atoms with E-state index in [9.17, 15) is 0 Å². The van der Waals surface area contributed by atoms with Gasteiger partial charge in [-0.25, -0.2) is 0 Å². The molecule has 2 aliphatic carbocycles. The second-order valence-electron chi connectivity index (χ2n) is 5.48. The molecule has 1 N–H and O–H groups in total. The highest BCUT2D eigenvalue weighted by atomic mass is 15.6. The largest absolute Gasteiger partial charge is 0.316 e. The second-order valence-corrected chi connectivity index (χ2v) is 5.48. The van der Waals surface area contributed by atoms with Crippen LogP contribution in [0.15, 0.2) is 0 Å². The fourth-order valence-electron chi connectivity index (χ4n) is 3.68. The SMILES string of the molecule is CNC(Cc1nnn(C)n1)C1C2CCCCC21. The number of tetrazole rings is 1. The number of rotatable bonds is 4. The van der Waals surface area contributed by atoms with E-state index in [1.54, 1.807) is 4.80 Å². The van der Waals surface area contributed by atoms with E-state index in [1.165, 1.54) is 25.7 Å². The van der Waals surface area contributed by atoms with Crippen LogP contribution in [0.2, 0.25) is 0 Å². The third kappa shape index (κ3) is 2.08. The Hall–Kier alpha value is -0.970. The summed E-state index contributed by atoms with van der Waals surface area (Å²) in [6.45, 7) is 0. The van der Waals surface area contributed by atoms with E-state index < -0.39 is 0 Å². The molecule has 0 bridgehead atoms. The van der Waals surface area contributed by atoms with Gasteiger partial charge in [-0.1, -0.05) is 12.8 Å². The van der Waals surface area contributed by atoms with Crippen LogP contribution >= 0.6 is 0 Å². The molecule has 0 aromatic carbocycles. The number of fused-ring (bicyclic) bond motifs is 1. The van der Waals surface area contributed by atoms with Crippen LogP contribution in [0.3, 0.4) is 0 Å². The predicted octanol–water partition coefficient (Wildman–Crippen LogP) is 0.777. The molecule has 1 heterocycles. The van der Waals surface area contributed by atoms with E-state index in [2.05, 4.69) is 27.8 Å². The summed E-state index contributed by atoms with van der Waals surface area (Å²) in [7, 11) is 3.88. The Bertz CT molecular complexity index is 376. The zero-order chi connectivity index (χ0) is 11.8. The maximum absolute atomic E-state index is 4.28. The fraction of sp³-hybridized carbons (Fsp3) is 0.917. The number of aromatic nitrogens is 4. The van der Waals surface area contributed by atoms with Crippen LogP contribution in [0.5, 0.6) is 0 Å².